The Morgan fingerprint density at radius 1 is 1.29 bits per heavy atom. The molecular weight excluding hydrogens is 287 g/mol. The van der Waals surface area contributed by atoms with E-state index in [-0.39, 0.29) is 24.5 Å². The fraction of sp³-hybridized carbons (Fsp3) is 0.600. The van der Waals surface area contributed by atoms with Crippen LogP contribution in [0.15, 0.2) is 24.3 Å². The van der Waals surface area contributed by atoms with Gasteiger partial charge in [0.2, 0.25) is 7.09 Å². The van der Waals surface area contributed by atoms with E-state index in [0.29, 0.717) is 13.2 Å². The lowest BCUT2D eigenvalue weighted by atomic mass is 9.94. The van der Waals surface area contributed by atoms with Crippen molar-refractivity contribution in [3.63, 3.8) is 0 Å². The Morgan fingerprint density at radius 3 is 2.57 bits per heavy atom. The van der Waals surface area contributed by atoms with E-state index in [9.17, 15) is 5.11 Å². The van der Waals surface area contributed by atoms with Gasteiger partial charge in [-0.2, -0.15) is 0 Å². The molecule has 0 fully saturated rings. The minimum atomic E-state index is -0.113. The first-order valence-electron chi connectivity index (χ1n) is 7.53. The van der Waals surface area contributed by atoms with Crippen LogP contribution in [0.4, 0.5) is 0 Å². The van der Waals surface area contributed by atoms with Gasteiger partial charge < -0.3 is 18.8 Å². The van der Waals surface area contributed by atoms with Crippen molar-refractivity contribution in [1.29, 1.82) is 1.34 Å². The van der Waals surface area contributed by atoms with Gasteiger partial charge >= 0.3 is 0 Å². The number of hydrogen-bond acceptors (Lipinski definition) is 5. The van der Waals surface area contributed by atoms with Gasteiger partial charge in [-0.05, 0) is 19.0 Å². The maximum atomic E-state index is 9.41. The highest BCUT2D eigenvalue weighted by molar-refractivity contribution is 8.15. The molecule has 0 spiro atoms. The fourth-order valence-corrected chi connectivity index (χ4v) is 2.44. The topological polar surface area (TPSA) is 47.9 Å². The van der Waals surface area contributed by atoms with Gasteiger partial charge in [0.1, 0.15) is 5.75 Å². The van der Waals surface area contributed by atoms with Crippen LogP contribution in [0.25, 0.3) is 0 Å². The molecule has 1 radical (unpaired) electrons. The number of ether oxygens (including phenoxy) is 2. The predicted molar refractivity (Wildman–Crippen MR) is 87.7 cm³/mol. The zero-order chi connectivity index (χ0) is 16.4. The molecule has 0 heterocycles. The zero-order valence-corrected chi connectivity index (χ0v) is 13.6. The number of aliphatic hydroxyl groups is 1. The summed E-state index contributed by atoms with van der Waals surface area (Å²) >= 11 is 1.00. The van der Waals surface area contributed by atoms with Gasteiger partial charge in [-0.3, -0.25) is 0 Å². The van der Waals surface area contributed by atoms with Crippen LogP contribution in [0, 0.1) is 11.8 Å². The normalized spacial score (nSPS) is 15.9. The standard InChI is InChI=1S/C15H24BO4S/c1-11(8-17)15(12(2)9-20-21-16)19-10-13-4-6-14(18-3)7-5-13/h4-7,11-12,15-17H,8-10H2,1-3H3/i16T. The molecule has 6 heteroatoms. The van der Waals surface area contributed by atoms with Crippen molar-refractivity contribution in [2.75, 3.05) is 20.3 Å². The summed E-state index contributed by atoms with van der Waals surface area (Å²) in [5, 5.41) is 9.41. The number of methoxy groups -OCH3 is 1. The summed E-state index contributed by atoms with van der Waals surface area (Å²) < 4.78 is 23.4. The smallest absolute Gasteiger partial charge is 0.209 e. The van der Waals surface area contributed by atoms with E-state index in [1.165, 1.54) is 0 Å². The van der Waals surface area contributed by atoms with Crippen molar-refractivity contribution in [2.24, 2.45) is 11.8 Å². The third kappa shape index (κ3) is 6.30. The number of rotatable bonds is 11. The number of hydrogen-bond donors (Lipinski definition) is 1. The van der Waals surface area contributed by atoms with Crippen LogP contribution in [-0.2, 0) is 15.5 Å². The van der Waals surface area contributed by atoms with Gasteiger partial charge in [0, 0.05) is 18.4 Å². The van der Waals surface area contributed by atoms with Crippen molar-refractivity contribution in [1.82, 2.24) is 0 Å². The monoisotopic (exact) mass is 313 g/mol. The Labute approximate surface area is 134 Å². The molecule has 1 N–H and O–H groups in total. The third-order valence-electron chi connectivity index (χ3n) is 3.41. The third-order valence-corrected chi connectivity index (χ3v) is 3.68. The van der Waals surface area contributed by atoms with E-state index in [1.54, 1.807) is 7.11 Å². The second-order valence-corrected chi connectivity index (χ2v) is 5.57. The van der Waals surface area contributed by atoms with Crippen LogP contribution in [-0.4, -0.2) is 40.0 Å². The predicted octanol–water partition coefficient (Wildman–Crippen LogP) is 2.33. The first-order valence-corrected chi connectivity index (χ1v) is 7.76. The van der Waals surface area contributed by atoms with Crippen LogP contribution in [0.2, 0.25) is 0 Å². The average molecular weight is 313 g/mol. The number of benzene rings is 1. The molecule has 0 saturated carbocycles. The summed E-state index contributed by atoms with van der Waals surface area (Å²) in [6.45, 7) is 4.99. The van der Waals surface area contributed by atoms with Crippen LogP contribution in [0.3, 0.4) is 0 Å². The van der Waals surface area contributed by atoms with Crippen molar-refractivity contribution in [3.05, 3.63) is 29.8 Å². The van der Waals surface area contributed by atoms with Crippen molar-refractivity contribution in [2.45, 2.75) is 26.6 Å². The quantitative estimate of drug-likeness (QED) is 0.386. The van der Waals surface area contributed by atoms with E-state index >= 15 is 0 Å². The Morgan fingerprint density at radius 2 is 2.00 bits per heavy atom. The Balaban J connectivity index is 2.56. The van der Waals surface area contributed by atoms with Gasteiger partial charge in [0.25, 0.3) is 0 Å². The SMILES string of the molecule is [3H][B]SOCC(C)C(OCc1ccc(OC)cc1)C(C)CO. The molecule has 3 unspecified atom stereocenters. The molecule has 21 heavy (non-hydrogen) atoms. The maximum Gasteiger partial charge on any atom is 0.209 e. The molecule has 0 aliphatic carbocycles. The lowest BCUT2D eigenvalue weighted by Gasteiger charge is -2.28. The number of aliphatic hydroxyl groups excluding tert-OH is 1. The van der Waals surface area contributed by atoms with Crippen molar-refractivity contribution >= 4 is 19.0 Å². The molecule has 0 aromatic heterocycles. The Kier molecular flexibility index (Phi) is 8.03. The molecule has 4 nitrogen and oxygen atoms in total. The van der Waals surface area contributed by atoms with Gasteiger partial charge in [-0.25, -0.2) is 0 Å². The molecular formula is C15H24BO4S. The van der Waals surface area contributed by atoms with Crippen LogP contribution >= 0.6 is 11.9 Å². The summed E-state index contributed by atoms with van der Waals surface area (Å²) in [6, 6.07) is 7.73. The molecule has 0 bridgehead atoms. The molecule has 1 aromatic carbocycles. The van der Waals surface area contributed by atoms with E-state index < -0.39 is 0 Å². The van der Waals surface area contributed by atoms with Gasteiger partial charge in [-0.1, -0.05) is 37.9 Å². The van der Waals surface area contributed by atoms with Crippen LogP contribution < -0.4 is 4.74 Å². The molecule has 0 aliphatic heterocycles. The lowest BCUT2D eigenvalue weighted by Crippen LogP contribution is -2.33. The summed E-state index contributed by atoms with van der Waals surface area (Å²) in [5.74, 6) is 0.948. The largest absolute Gasteiger partial charge is 0.497 e. The molecule has 0 amide bonds. The van der Waals surface area contributed by atoms with Crippen LogP contribution in [0.5, 0.6) is 5.75 Å². The fourth-order valence-electron chi connectivity index (χ4n) is 2.15. The van der Waals surface area contributed by atoms with E-state index in [1.807, 2.05) is 38.1 Å². The van der Waals surface area contributed by atoms with Gasteiger partial charge in [-0.15, -0.1) is 0 Å². The summed E-state index contributed by atoms with van der Waals surface area (Å²) in [4.78, 5) is 0. The Hall–Kier alpha value is -0.685. The first kappa shape index (κ1) is 16.7. The van der Waals surface area contributed by atoms with Gasteiger partial charge in [0.15, 0.2) is 0 Å². The average Bonchev–Trinajstić information content (AvgIpc) is 2.55. The van der Waals surface area contributed by atoms with E-state index in [4.69, 9.17) is 15.0 Å². The summed E-state index contributed by atoms with van der Waals surface area (Å²) in [5.41, 5.74) is 1.05. The Bertz CT molecular complexity index is 407. The van der Waals surface area contributed by atoms with Crippen molar-refractivity contribution in [3.8, 4) is 5.75 Å². The molecule has 0 aliphatic rings. The molecule has 1 rings (SSSR count). The highest BCUT2D eigenvalue weighted by Crippen LogP contribution is 2.21. The van der Waals surface area contributed by atoms with Crippen LogP contribution in [0.1, 0.15) is 19.4 Å². The molecule has 3 atom stereocenters. The summed E-state index contributed by atoms with van der Waals surface area (Å²) in [7, 11) is 2.79. The molecule has 0 saturated heterocycles. The zero-order valence-electron chi connectivity index (χ0n) is 13.8. The van der Waals surface area contributed by atoms with E-state index in [2.05, 4.69) is 0 Å². The molecule has 117 valence electrons. The lowest BCUT2D eigenvalue weighted by molar-refractivity contribution is -0.0494. The summed E-state index contributed by atoms with van der Waals surface area (Å²) in [6.07, 6.45) is -0.113. The first-order chi connectivity index (χ1) is 10.6. The van der Waals surface area contributed by atoms with Gasteiger partial charge in [0.05, 0.1) is 26.4 Å². The minimum Gasteiger partial charge on any atom is -0.497 e. The molecule has 1 aromatic rings. The minimum absolute atomic E-state index is 0.0156. The van der Waals surface area contributed by atoms with Crippen molar-refractivity contribution < 1.29 is 18.8 Å². The second-order valence-electron chi connectivity index (χ2n) is 5.14. The highest BCUT2D eigenvalue weighted by Gasteiger charge is 2.24. The van der Waals surface area contributed by atoms with E-state index in [0.717, 1.165) is 30.3 Å². The highest BCUT2D eigenvalue weighted by atomic mass is 32.2. The second kappa shape index (κ2) is 10.1. The maximum absolute atomic E-state index is 9.41.